The number of aliphatic hydroxyl groups is 1. The first kappa shape index (κ1) is 21.3. The monoisotopic (exact) mass is 400 g/mol. The second-order valence-electron chi connectivity index (χ2n) is 8.01. The maximum absolute atomic E-state index is 13.4. The summed E-state index contributed by atoms with van der Waals surface area (Å²) in [7, 11) is 5.52. The second kappa shape index (κ2) is 8.93. The summed E-state index contributed by atoms with van der Waals surface area (Å²) in [6.45, 7) is 1.53. The molecule has 2 aromatic rings. The van der Waals surface area contributed by atoms with Crippen molar-refractivity contribution in [2.24, 2.45) is 5.92 Å². The minimum atomic E-state index is -1.05. The van der Waals surface area contributed by atoms with Crippen LogP contribution in [0, 0.1) is 11.7 Å². The van der Waals surface area contributed by atoms with Gasteiger partial charge in [0.05, 0.1) is 19.1 Å². The van der Waals surface area contributed by atoms with Crippen molar-refractivity contribution in [2.45, 2.75) is 18.4 Å². The molecule has 0 radical (unpaired) electrons. The highest BCUT2D eigenvalue weighted by atomic mass is 19.1. The van der Waals surface area contributed by atoms with E-state index in [1.165, 1.54) is 12.1 Å². The lowest BCUT2D eigenvalue weighted by Gasteiger charge is -2.46. The lowest BCUT2D eigenvalue weighted by molar-refractivity contribution is -0.141. The number of likely N-dealkylation sites (tertiary alicyclic amines) is 1. The first-order valence-corrected chi connectivity index (χ1v) is 9.85. The first-order chi connectivity index (χ1) is 13.8. The second-order valence-corrected chi connectivity index (χ2v) is 8.01. The van der Waals surface area contributed by atoms with Crippen molar-refractivity contribution in [1.29, 1.82) is 0 Å². The maximum Gasteiger partial charge on any atom is 0.227 e. The zero-order chi connectivity index (χ0) is 21.0. The fraction of sp³-hybridized carbons (Fsp3) is 0.435. The molecule has 1 aliphatic heterocycles. The number of ether oxygens (including phenoxy) is 1. The molecule has 2 aromatic carbocycles. The van der Waals surface area contributed by atoms with Crippen molar-refractivity contribution >= 4 is 5.91 Å². The molecular formula is C23H29FN2O3. The van der Waals surface area contributed by atoms with Crippen molar-refractivity contribution in [2.75, 3.05) is 40.8 Å². The summed E-state index contributed by atoms with van der Waals surface area (Å²) in [6, 6.07) is 13.6. The highest BCUT2D eigenvalue weighted by molar-refractivity contribution is 5.79. The van der Waals surface area contributed by atoms with Gasteiger partial charge in [0.15, 0.2) is 0 Å². The number of hydrogen-bond acceptors (Lipinski definition) is 4. The van der Waals surface area contributed by atoms with Crippen LogP contribution in [-0.2, 0) is 16.8 Å². The average molecular weight is 400 g/mol. The third kappa shape index (κ3) is 4.95. The van der Waals surface area contributed by atoms with Crippen LogP contribution in [0.3, 0.4) is 0 Å². The van der Waals surface area contributed by atoms with E-state index in [0.717, 1.165) is 5.56 Å². The summed E-state index contributed by atoms with van der Waals surface area (Å²) in [4.78, 5) is 16.7. The van der Waals surface area contributed by atoms with Crippen LogP contribution in [0.15, 0.2) is 48.5 Å². The molecule has 3 rings (SSSR count). The predicted octanol–water partition coefficient (Wildman–Crippen LogP) is 2.67. The van der Waals surface area contributed by atoms with Gasteiger partial charge in [-0.15, -0.1) is 0 Å². The largest absolute Gasteiger partial charge is 0.497 e. The molecule has 0 saturated carbocycles. The van der Waals surface area contributed by atoms with Crippen molar-refractivity contribution in [1.82, 2.24) is 9.80 Å². The van der Waals surface area contributed by atoms with E-state index in [0.29, 0.717) is 37.4 Å². The van der Waals surface area contributed by atoms with Gasteiger partial charge in [-0.1, -0.05) is 24.3 Å². The Morgan fingerprint density at radius 2 is 2.03 bits per heavy atom. The third-order valence-corrected chi connectivity index (χ3v) is 5.63. The fourth-order valence-electron chi connectivity index (χ4n) is 4.10. The van der Waals surface area contributed by atoms with Crippen molar-refractivity contribution in [3.63, 3.8) is 0 Å². The number of hydrogen-bond donors (Lipinski definition) is 1. The van der Waals surface area contributed by atoms with Crippen LogP contribution in [0.2, 0.25) is 0 Å². The minimum Gasteiger partial charge on any atom is -0.497 e. The molecular weight excluding hydrogens is 371 g/mol. The van der Waals surface area contributed by atoms with Crippen LogP contribution in [0.1, 0.15) is 17.5 Å². The topological polar surface area (TPSA) is 53.0 Å². The molecule has 2 atom stereocenters. The molecule has 2 unspecified atom stereocenters. The molecule has 0 aliphatic carbocycles. The summed E-state index contributed by atoms with van der Waals surface area (Å²) in [5.74, 6) is 0.151. The highest BCUT2D eigenvalue weighted by Crippen LogP contribution is 2.39. The molecule has 6 heteroatoms. The molecule has 1 fully saturated rings. The third-order valence-electron chi connectivity index (χ3n) is 5.63. The number of rotatable bonds is 6. The van der Waals surface area contributed by atoms with Gasteiger partial charge in [0.1, 0.15) is 11.6 Å². The van der Waals surface area contributed by atoms with Crippen LogP contribution in [0.25, 0.3) is 0 Å². The number of amides is 1. The zero-order valence-corrected chi connectivity index (χ0v) is 17.3. The van der Waals surface area contributed by atoms with Crippen LogP contribution >= 0.6 is 0 Å². The summed E-state index contributed by atoms with van der Waals surface area (Å²) in [6.07, 6.45) is 0.595. The van der Waals surface area contributed by atoms with Gasteiger partial charge in [0, 0.05) is 25.6 Å². The summed E-state index contributed by atoms with van der Waals surface area (Å²) >= 11 is 0. The number of piperidine rings is 1. The number of nitrogens with zero attached hydrogens (tertiary/aromatic N) is 2. The minimum absolute atomic E-state index is 0.0490. The molecule has 0 bridgehead atoms. The van der Waals surface area contributed by atoms with Crippen LogP contribution in [0.4, 0.5) is 4.39 Å². The molecule has 1 heterocycles. The molecule has 1 amide bonds. The van der Waals surface area contributed by atoms with E-state index >= 15 is 0 Å². The summed E-state index contributed by atoms with van der Waals surface area (Å²) in [5, 5.41) is 11.6. The molecule has 0 aromatic heterocycles. The predicted molar refractivity (Wildman–Crippen MR) is 110 cm³/mol. The SMILES string of the molecule is COc1cccc(C2(O)CCN(C(=O)Cc3cccc(F)c3)CC2CN(C)C)c1. The van der Waals surface area contributed by atoms with E-state index in [2.05, 4.69) is 0 Å². The lowest BCUT2D eigenvalue weighted by atomic mass is 9.75. The van der Waals surface area contributed by atoms with Crippen molar-refractivity contribution < 1.29 is 19.0 Å². The lowest BCUT2D eigenvalue weighted by Crippen LogP contribution is -2.54. The number of benzene rings is 2. The number of methoxy groups -OCH3 is 1. The highest BCUT2D eigenvalue weighted by Gasteiger charge is 2.44. The van der Waals surface area contributed by atoms with E-state index in [-0.39, 0.29) is 24.1 Å². The standard InChI is InChI=1S/C23H29FN2O3/c1-25(2)15-19-16-26(22(27)13-17-6-4-8-20(24)12-17)11-10-23(19,28)18-7-5-9-21(14-18)29-3/h4-9,12,14,19,28H,10-11,13,15-16H2,1-3H3. The molecule has 1 N–H and O–H groups in total. The van der Waals surface area contributed by atoms with Gasteiger partial charge >= 0.3 is 0 Å². The molecule has 29 heavy (non-hydrogen) atoms. The van der Waals surface area contributed by atoms with E-state index in [9.17, 15) is 14.3 Å². The van der Waals surface area contributed by atoms with E-state index in [1.54, 1.807) is 24.1 Å². The van der Waals surface area contributed by atoms with E-state index < -0.39 is 5.60 Å². The van der Waals surface area contributed by atoms with Gasteiger partial charge in [0.2, 0.25) is 5.91 Å². The number of carbonyl (C=O) groups excluding carboxylic acids is 1. The molecule has 5 nitrogen and oxygen atoms in total. The average Bonchev–Trinajstić information content (AvgIpc) is 2.69. The Kier molecular flexibility index (Phi) is 6.55. The van der Waals surface area contributed by atoms with E-state index in [1.807, 2.05) is 43.3 Å². The Balaban J connectivity index is 1.80. The Labute approximate surface area is 171 Å². The van der Waals surface area contributed by atoms with Gasteiger partial charge in [-0.3, -0.25) is 4.79 Å². The Morgan fingerprint density at radius 1 is 1.28 bits per heavy atom. The van der Waals surface area contributed by atoms with Gasteiger partial charge in [-0.05, 0) is 55.9 Å². The number of halogens is 1. The summed E-state index contributed by atoms with van der Waals surface area (Å²) in [5.41, 5.74) is 0.419. The van der Waals surface area contributed by atoms with E-state index in [4.69, 9.17) is 4.74 Å². The summed E-state index contributed by atoms with van der Waals surface area (Å²) < 4.78 is 18.8. The fourth-order valence-corrected chi connectivity index (χ4v) is 4.10. The molecule has 1 aliphatic rings. The first-order valence-electron chi connectivity index (χ1n) is 9.85. The number of carbonyl (C=O) groups is 1. The molecule has 0 spiro atoms. The van der Waals surface area contributed by atoms with Gasteiger partial charge in [-0.2, -0.15) is 0 Å². The molecule has 156 valence electrons. The quantitative estimate of drug-likeness (QED) is 0.810. The van der Waals surface area contributed by atoms with Gasteiger partial charge in [0.25, 0.3) is 0 Å². The Bertz CT molecular complexity index is 858. The zero-order valence-electron chi connectivity index (χ0n) is 17.3. The maximum atomic E-state index is 13.4. The van der Waals surface area contributed by atoms with Gasteiger partial charge in [-0.25, -0.2) is 4.39 Å². The van der Waals surface area contributed by atoms with Crippen LogP contribution in [0.5, 0.6) is 5.75 Å². The van der Waals surface area contributed by atoms with Crippen LogP contribution in [-0.4, -0.2) is 61.7 Å². The smallest absolute Gasteiger partial charge is 0.227 e. The van der Waals surface area contributed by atoms with Crippen LogP contribution < -0.4 is 4.74 Å². The molecule has 1 saturated heterocycles. The van der Waals surface area contributed by atoms with Gasteiger partial charge < -0.3 is 19.6 Å². The van der Waals surface area contributed by atoms with Crippen molar-refractivity contribution in [3.8, 4) is 5.75 Å². The van der Waals surface area contributed by atoms with Crippen molar-refractivity contribution in [3.05, 3.63) is 65.5 Å². The normalized spacial score (nSPS) is 22.0. The Morgan fingerprint density at radius 3 is 2.72 bits per heavy atom. The Hall–Kier alpha value is -2.44.